The molecular formula is C18H21F2N3O3S. The number of benzene rings is 1. The Morgan fingerprint density at radius 2 is 2.15 bits per heavy atom. The summed E-state index contributed by atoms with van der Waals surface area (Å²) in [6.07, 6.45) is 2.70. The second kappa shape index (κ2) is 6.34. The summed E-state index contributed by atoms with van der Waals surface area (Å²) in [5.74, 6) is -2.89. The molecule has 1 heterocycles. The first-order chi connectivity index (χ1) is 12.8. The lowest BCUT2D eigenvalue weighted by Gasteiger charge is -2.17. The summed E-state index contributed by atoms with van der Waals surface area (Å²) in [5.41, 5.74) is -0.588. The summed E-state index contributed by atoms with van der Waals surface area (Å²) >= 11 is 0. The summed E-state index contributed by atoms with van der Waals surface area (Å²) < 4.78 is 60.5. The summed E-state index contributed by atoms with van der Waals surface area (Å²) in [4.78, 5) is 4.35. The van der Waals surface area contributed by atoms with Crippen LogP contribution in [0.1, 0.15) is 38.5 Å². The first kappa shape index (κ1) is 18.5. The Bertz CT molecular complexity index is 960. The normalized spacial score (nSPS) is 26.6. The minimum atomic E-state index is -3.61. The van der Waals surface area contributed by atoms with E-state index in [1.54, 1.807) is 19.1 Å². The maximum absolute atomic E-state index is 14.3. The van der Waals surface area contributed by atoms with Crippen LogP contribution < -0.4 is 4.72 Å². The smallest absolute Gasteiger partial charge is 0.258 e. The van der Waals surface area contributed by atoms with E-state index in [1.807, 2.05) is 0 Å². The van der Waals surface area contributed by atoms with E-state index in [1.165, 1.54) is 12.1 Å². The zero-order chi connectivity index (χ0) is 19.3. The highest BCUT2D eigenvalue weighted by Crippen LogP contribution is 2.73. The fourth-order valence-electron chi connectivity index (χ4n) is 4.30. The van der Waals surface area contributed by atoms with Gasteiger partial charge in [0.25, 0.3) is 5.92 Å². The molecule has 0 spiro atoms. The van der Waals surface area contributed by atoms with E-state index < -0.39 is 27.3 Å². The summed E-state index contributed by atoms with van der Waals surface area (Å²) in [6.45, 7) is 1.97. The van der Waals surface area contributed by atoms with Crippen molar-refractivity contribution in [2.75, 3.05) is 6.54 Å². The summed E-state index contributed by atoms with van der Waals surface area (Å²) in [7, 11) is -3.61. The molecule has 2 aliphatic carbocycles. The Balaban J connectivity index is 1.57. The quantitative estimate of drug-likeness (QED) is 0.807. The van der Waals surface area contributed by atoms with Crippen LogP contribution in [0.4, 0.5) is 8.78 Å². The highest BCUT2D eigenvalue weighted by Gasteiger charge is 2.80. The molecule has 9 heteroatoms. The number of rotatable bonds is 6. The Labute approximate surface area is 156 Å². The standard InChI is InChI=1S/C18H21F2N3O3S/c1-2-21-27(24,25)13-7-5-6-12(10-13)16-22-15(26-23-16)11-17-9-4-3-8-14(17)18(17,19)20/h5-7,10,14,21H,2-4,8-9,11H2,1H3. The molecular weight excluding hydrogens is 376 g/mol. The van der Waals surface area contributed by atoms with E-state index in [0.29, 0.717) is 18.4 Å². The molecule has 2 atom stereocenters. The lowest BCUT2D eigenvalue weighted by molar-refractivity contribution is 0.0537. The first-order valence-electron chi connectivity index (χ1n) is 9.11. The van der Waals surface area contributed by atoms with Crippen LogP contribution in [0.25, 0.3) is 11.4 Å². The second-order valence-electron chi connectivity index (χ2n) is 7.30. The van der Waals surface area contributed by atoms with Gasteiger partial charge in [-0.15, -0.1) is 0 Å². The minimum Gasteiger partial charge on any atom is -0.339 e. The van der Waals surface area contributed by atoms with Gasteiger partial charge in [-0.2, -0.15) is 4.98 Å². The molecule has 2 aliphatic rings. The van der Waals surface area contributed by atoms with E-state index >= 15 is 0 Å². The predicted octanol–water partition coefficient (Wildman–Crippen LogP) is 3.40. The molecule has 0 radical (unpaired) electrons. The fourth-order valence-corrected chi connectivity index (χ4v) is 5.38. The number of halogens is 2. The average molecular weight is 397 g/mol. The van der Waals surface area contributed by atoms with Crippen LogP contribution in [0.15, 0.2) is 33.7 Å². The van der Waals surface area contributed by atoms with Gasteiger partial charge in [0.1, 0.15) is 0 Å². The highest BCUT2D eigenvalue weighted by atomic mass is 32.2. The molecule has 2 aromatic rings. The van der Waals surface area contributed by atoms with E-state index in [-0.39, 0.29) is 29.6 Å². The molecule has 1 N–H and O–H groups in total. The maximum atomic E-state index is 14.3. The lowest BCUT2D eigenvalue weighted by Crippen LogP contribution is -2.23. The van der Waals surface area contributed by atoms with Crippen molar-refractivity contribution >= 4 is 10.0 Å². The van der Waals surface area contributed by atoms with Gasteiger partial charge in [0, 0.05) is 24.4 Å². The van der Waals surface area contributed by atoms with Crippen molar-refractivity contribution in [2.24, 2.45) is 11.3 Å². The van der Waals surface area contributed by atoms with Crippen LogP contribution in [-0.4, -0.2) is 31.0 Å². The van der Waals surface area contributed by atoms with Crippen LogP contribution >= 0.6 is 0 Å². The molecule has 1 aromatic heterocycles. The molecule has 0 amide bonds. The van der Waals surface area contributed by atoms with Crippen molar-refractivity contribution < 1.29 is 21.7 Å². The van der Waals surface area contributed by atoms with Crippen molar-refractivity contribution in [1.82, 2.24) is 14.9 Å². The molecule has 2 unspecified atom stereocenters. The van der Waals surface area contributed by atoms with Gasteiger partial charge in [-0.25, -0.2) is 21.9 Å². The Morgan fingerprint density at radius 3 is 2.89 bits per heavy atom. The van der Waals surface area contributed by atoms with Gasteiger partial charge in [-0.1, -0.05) is 37.1 Å². The van der Waals surface area contributed by atoms with Crippen LogP contribution in [-0.2, 0) is 16.4 Å². The van der Waals surface area contributed by atoms with Crippen LogP contribution in [0, 0.1) is 11.3 Å². The van der Waals surface area contributed by atoms with Crippen LogP contribution in [0.2, 0.25) is 0 Å². The highest BCUT2D eigenvalue weighted by molar-refractivity contribution is 7.89. The van der Waals surface area contributed by atoms with Gasteiger partial charge >= 0.3 is 0 Å². The largest absolute Gasteiger partial charge is 0.339 e. The molecule has 6 nitrogen and oxygen atoms in total. The summed E-state index contributed by atoms with van der Waals surface area (Å²) in [6, 6.07) is 6.16. The number of nitrogens with one attached hydrogen (secondary N) is 1. The number of hydrogen-bond acceptors (Lipinski definition) is 5. The number of alkyl halides is 2. The molecule has 0 bridgehead atoms. The number of hydrogen-bond donors (Lipinski definition) is 1. The van der Waals surface area contributed by atoms with Crippen LogP contribution in [0.3, 0.4) is 0 Å². The van der Waals surface area contributed by atoms with Gasteiger partial charge in [0.05, 0.1) is 10.3 Å². The predicted molar refractivity (Wildman–Crippen MR) is 93.6 cm³/mol. The number of nitrogens with zero attached hydrogens (tertiary/aromatic N) is 2. The lowest BCUT2D eigenvalue weighted by atomic mass is 9.86. The molecule has 2 fully saturated rings. The van der Waals surface area contributed by atoms with Crippen molar-refractivity contribution in [3.8, 4) is 11.4 Å². The summed E-state index contributed by atoms with van der Waals surface area (Å²) in [5, 5.41) is 3.87. The average Bonchev–Trinajstić information content (AvgIpc) is 2.95. The molecule has 0 aliphatic heterocycles. The fraction of sp³-hybridized carbons (Fsp3) is 0.556. The van der Waals surface area contributed by atoms with Crippen molar-refractivity contribution in [3.05, 3.63) is 30.2 Å². The molecule has 4 rings (SSSR count). The van der Waals surface area contributed by atoms with E-state index in [4.69, 9.17) is 4.52 Å². The van der Waals surface area contributed by atoms with Gasteiger partial charge in [0.2, 0.25) is 21.7 Å². The van der Waals surface area contributed by atoms with Gasteiger partial charge in [0.15, 0.2) is 0 Å². The van der Waals surface area contributed by atoms with Crippen molar-refractivity contribution in [1.29, 1.82) is 0 Å². The van der Waals surface area contributed by atoms with E-state index in [9.17, 15) is 17.2 Å². The molecule has 146 valence electrons. The van der Waals surface area contributed by atoms with Crippen molar-refractivity contribution in [3.63, 3.8) is 0 Å². The Morgan fingerprint density at radius 1 is 1.33 bits per heavy atom. The zero-order valence-electron chi connectivity index (χ0n) is 14.9. The number of aromatic nitrogens is 2. The van der Waals surface area contributed by atoms with E-state index in [2.05, 4.69) is 14.9 Å². The molecule has 2 saturated carbocycles. The number of fused-ring (bicyclic) bond motifs is 1. The SMILES string of the molecule is CCNS(=O)(=O)c1cccc(-c2noc(CC34CCCCC3C4(F)F)n2)c1. The van der Waals surface area contributed by atoms with Crippen molar-refractivity contribution in [2.45, 2.75) is 49.8 Å². The van der Waals surface area contributed by atoms with Gasteiger partial charge in [-0.05, 0) is 25.0 Å². The Kier molecular flexibility index (Phi) is 4.34. The minimum absolute atomic E-state index is 0.0625. The zero-order valence-corrected chi connectivity index (χ0v) is 15.7. The third kappa shape index (κ3) is 2.97. The topological polar surface area (TPSA) is 85.1 Å². The molecule has 0 saturated heterocycles. The molecule has 1 aromatic carbocycles. The van der Waals surface area contributed by atoms with Crippen LogP contribution in [0.5, 0.6) is 0 Å². The Hall–Kier alpha value is -1.87. The van der Waals surface area contributed by atoms with Gasteiger partial charge < -0.3 is 4.52 Å². The van der Waals surface area contributed by atoms with Gasteiger partial charge in [-0.3, -0.25) is 0 Å². The third-order valence-corrected chi connectivity index (χ3v) is 7.27. The maximum Gasteiger partial charge on any atom is 0.258 e. The first-order valence-corrected chi connectivity index (χ1v) is 10.6. The third-order valence-electron chi connectivity index (χ3n) is 5.72. The second-order valence-corrected chi connectivity index (χ2v) is 9.06. The molecule has 27 heavy (non-hydrogen) atoms. The monoisotopic (exact) mass is 397 g/mol. The number of sulfonamides is 1. The van der Waals surface area contributed by atoms with E-state index in [0.717, 1.165) is 12.8 Å².